The molecule has 0 radical (unpaired) electrons. The fourth-order valence-corrected chi connectivity index (χ4v) is 4.02. The van der Waals surface area contributed by atoms with Crippen LogP contribution < -0.4 is 10.1 Å². The second-order valence-corrected chi connectivity index (χ2v) is 7.55. The Labute approximate surface area is 175 Å². The third kappa shape index (κ3) is 4.58. The lowest BCUT2D eigenvalue weighted by Crippen LogP contribution is -2.48. The summed E-state index contributed by atoms with van der Waals surface area (Å²) in [7, 11) is 1.57. The summed E-state index contributed by atoms with van der Waals surface area (Å²) in [6.45, 7) is 3.05. The minimum absolute atomic E-state index is 0.118. The molecule has 2 fully saturated rings. The summed E-state index contributed by atoms with van der Waals surface area (Å²) in [6, 6.07) is 7.17. The summed E-state index contributed by atoms with van der Waals surface area (Å²) in [5, 5.41) is 2.92. The smallest absolute Gasteiger partial charge is 0.274 e. The molecule has 2 amide bonds. The van der Waals surface area contributed by atoms with E-state index in [4.69, 9.17) is 9.47 Å². The highest BCUT2D eigenvalue weighted by Crippen LogP contribution is 2.24. The fraction of sp³-hybridized carbons (Fsp3) is 0.429. The maximum atomic E-state index is 13.0. The van der Waals surface area contributed by atoms with Gasteiger partial charge in [0.2, 0.25) is 5.91 Å². The lowest BCUT2D eigenvalue weighted by atomic mass is 10.1. The molecule has 2 aliphatic rings. The molecule has 1 aromatic carbocycles. The molecule has 4 rings (SSSR count). The van der Waals surface area contributed by atoms with E-state index in [1.165, 1.54) is 12.4 Å². The van der Waals surface area contributed by atoms with Gasteiger partial charge in [-0.25, -0.2) is 4.98 Å². The van der Waals surface area contributed by atoms with Crippen LogP contribution in [-0.2, 0) is 9.53 Å². The van der Waals surface area contributed by atoms with Crippen molar-refractivity contribution in [3.8, 4) is 5.75 Å². The van der Waals surface area contributed by atoms with Crippen molar-refractivity contribution in [1.82, 2.24) is 19.8 Å². The molecule has 1 N–H and O–H groups in total. The Morgan fingerprint density at radius 2 is 2.07 bits per heavy atom. The highest BCUT2D eigenvalue weighted by Gasteiger charge is 2.37. The number of methoxy groups -OCH3 is 1. The maximum Gasteiger partial charge on any atom is 0.274 e. The van der Waals surface area contributed by atoms with Gasteiger partial charge in [-0.1, -0.05) is 12.1 Å². The van der Waals surface area contributed by atoms with Crippen molar-refractivity contribution >= 4 is 17.5 Å². The molecule has 0 unspecified atom stereocenters. The van der Waals surface area contributed by atoms with Crippen molar-refractivity contribution < 1.29 is 19.1 Å². The first-order valence-corrected chi connectivity index (χ1v) is 9.94. The van der Waals surface area contributed by atoms with Crippen LogP contribution in [0.5, 0.6) is 5.75 Å². The topological polar surface area (TPSA) is 96.9 Å². The van der Waals surface area contributed by atoms with Crippen molar-refractivity contribution in [3.05, 3.63) is 48.5 Å². The number of fused-ring (bicyclic) bond motifs is 3. The zero-order valence-electron chi connectivity index (χ0n) is 16.9. The van der Waals surface area contributed by atoms with Crippen LogP contribution in [0.25, 0.3) is 0 Å². The number of benzene rings is 1. The predicted octanol–water partition coefficient (Wildman–Crippen LogP) is 0.897. The largest absolute Gasteiger partial charge is 0.495 e. The number of anilines is 1. The summed E-state index contributed by atoms with van der Waals surface area (Å²) < 4.78 is 11.1. The second-order valence-electron chi connectivity index (χ2n) is 7.55. The van der Waals surface area contributed by atoms with Crippen LogP contribution in [0.15, 0.2) is 42.9 Å². The normalized spacial score (nSPS) is 21.6. The third-order valence-electron chi connectivity index (χ3n) is 5.34. The number of ether oxygens (including phenoxy) is 2. The molecule has 30 heavy (non-hydrogen) atoms. The number of nitrogens with zero attached hydrogens (tertiary/aromatic N) is 4. The molecule has 9 nitrogen and oxygen atoms in total. The molecule has 2 bridgehead atoms. The average molecular weight is 411 g/mol. The number of hydrogen-bond donors (Lipinski definition) is 1. The number of amides is 2. The van der Waals surface area contributed by atoms with E-state index >= 15 is 0 Å². The molecular formula is C21H25N5O4. The summed E-state index contributed by atoms with van der Waals surface area (Å²) in [6.07, 6.45) is 4.54. The highest BCUT2D eigenvalue weighted by molar-refractivity contribution is 5.94. The molecule has 3 heterocycles. The summed E-state index contributed by atoms with van der Waals surface area (Å²) >= 11 is 0. The van der Waals surface area contributed by atoms with E-state index in [0.29, 0.717) is 50.0 Å². The van der Waals surface area contributed by atoms with Gasteiger partial charge < -0.3 is 19.7 Å². The van der Waals surface area contributed by atoms with Crippen LogP contribution in [0, 0.1) is 5.92 Å². The first-order chi connectivity index (χ1) is 14.6. The van der Waals surface area contributed by atoms with Gasteiger partial charge in [-0.2, -0.15) is 0 Å². The van der Waals surface area contributed by atoms with Gasteiger partial charge in [0.25, 0.3) is 5.91 Å². The van der Waals surface area contributed by atoms with Crippen molar-refractivity contribution in [2.45, 2.75) is 6.04 Å². The molecule has 9 heteroatoms. The quantitative estimate of drug-likeness (QED) is 0.781. The molecule has 2 aromatic rings. The SMILES string of the molecule is COc1ccccc1NC(=O)CN1C[C@@H]2COC[C@H](C1)N(C(=O)c1cnccn1)C2. The summed E-state index contributed by atoms with van der Waals surface area (Å²) in [4.78, 5) is 37.7. The lowest BCUT2D eigenvalue weighted by Gasteiger charge is -2.30. The minimum atomic E-state index is -0.149. The van der Waals surface area contributed by atoms with Gasteiger partial charge in [0, 0.05) is 37.9 Å². The van der Waals surface area contributed by atoms with Gasteiger partial charge in [-0.3, -0.25) is 19.5 Å². The van der Waals surface area contributed by atoms with Gasteiger partial charge in [0.15, 0.2) is 0 Å². The van der Waals surface area contributed by atoms with Gasteiger partial charge in [-0.15, -0.1) is 0 Å². The van der Waals surface area contributed by atoms with Crippen LogP contribution in [0.3, 0.4) is 0 Å². The Kier molecular flexibility index (Phi) is 6.20. The van der Waals surface area contributed by atoms with Crippen molar-refractivity contribution in [2.75, 3.05) is 51.8 Å². The first kappa shape index (κ1) is 20.2. The Morgan fingerprint density at radius 1 is 1.20 bits per heavy atom. The number of nitrogens with one attached hydrogen (secondary N) is 1. The van der Waals surface area contributed by atoms with Crippen molar-refractivity contribution in [1.29, 1.82) is 0 Å². The molecule has 0 spiro atoms. The van der Waals surface area contributed by atoms with E-state index in [9.17, 15) is 9.59 Å². The van der Waals surface area contributed by atoms with Gasteiger partial charge in [-0.05, 0) is 12.1 Å². The number of aromatic nitrogens is 2. The van der Waals surface area contributed by atoms with E-state index in [-0.39, 0.29) is 30.3 Å². The predicted molar refractivity (Wildman–Crippen MR) is 109 cm³/mol. The minimum Gasteiger partial charge on any atom is -0.495 e. The monoisotopic (exact) mass is 411 g/mol. The number of hydrogen-bond acceptors (Lipinski definition) is 7. The van der Waals surface area contributed by atoms with Crippen molar-refractivity contribution in [2.24, 2.45) is 5.92 Å². The van der Waals surface area contributed by atoms with Crippen LogP contribution in [0.4, 0.5) is 5.69 Å². The molecule has 0 aliphatic carbocycles. The molecule has 2 saturated heterocycles. The maximum absolute atomic E-state index is 13.0. The second kappa shape index (κ2) is 9.19. The lowest BCUT2D eigenvalue weighted by molar-refractivity contribution is -0.117. The van der Waals surface area contributed by atoms with Gasteiger partial charge in [0.05, 0.1) is 44.8 Å². The van der Waals surface area contributed by atoms with E-state index in [1.54, 1.807) is 19.4 Å². The van der Waals surface area contributed by atoms with Crippen molar-refractivity contribution in [3.63, 3.8) is 0 Å². The average Bonchev–Trinajstić information content (AvgIpc) is 3.05. The number of carbonyl (C=O) groups is 2. The molecule has 2 atom stereocenters. The highest BCUT2D eigenvalue weighted by atomic mass is 16.5. The summed E-state index contributed by atoms with van der Waals surface area (Å²) in [5.41, 5.74) is 0.966. The van der Waals surface area contributed by atoms with E-state index in [1.807, 2.05) is 23.1 Å². The molecule has 0 saturated carbocycles. The number of para-hydroxylation sites is 2. The number of carbonyl (C=O) groups excluding carboxylic acids is 2. The Balaban J connectivity index is 1.44. The summed E-state index contributed by atoms with van der Waals surface area (Å²) in [5.74, 6) is 0.473. The third-order valence-corrected chi connectivity index (χ3v) is 5.34. The molecule has 2 aliphatic heterocycles. The van der Waals surface area contributed by atoms with Crippen LogP contribution >= 0.6 is 0 Å². The molecule has 1 aromatic heterocycles. The first-order valence-electron chi connectivity index (χ1n) is 9.94. The van der Waals surface area contributed by atoms with Gasteiger partial charge >= 0.3 is 0 Å². The zero-order chi connectivity index (χ0) is 20.9. The van der Waals surface area contributed by atoms with Gasteiger partial charge in [0.1, 0.15) is 11.4 Å². The Hall–Kier alpha value is -3.04. The van der Waals surface area contributed by atoms with E-state index in [2.05, 4.69) is 20.2 Å². The molecule has 158 valence electrons. The Morgan fingerprint density at radius 3 is 2.87 bits per heavy atom. The van der Waals surface area contributed by atoms with Crippen LogP contribution in [0.1, 0.15) is 10.5 Å². The van der Waals surface area contributed by atoms with Crippen LogP contribution in [0.2, 0.25) is 0 Å². The zero-order valence-corrected chi connectivity index (χ0v) is 16.9. The standard InChI is InChI=1S/C21H25N5O4/c1-29-19-5-3-2-4-17(19)24-20(27)12-25-9-15-10-26(16(11-25)14-30-13-15)21(28)18-8-22-6-7-23-18/h2-8,15-16H,9-14H2,1H3,(H,24,27)/t15-,16-/m0/s1. The number of rotatable bonds is 5. The van der Waals surface area contributed by atoms with E-state index in [0.717, 1.165) is 0 Å². The Bertz CT molecular complexity index is 894. The fourth-order valence-electron chi connectivity index (χ4n) is 4.02. The molecular weight excluding hydrogens is 386 g/mol. The van der Waals surface area contributed by atoms with E-state index < -0.39 is 0 Å². The van der Waals surface area contributed by atoms with Crippen LogP contribution in [-0.4, -0.2) is 84.1 Å².